The standard InChI is InChI=1S/C18H40NO.C2H6O3S/c1-4-7-8-9-10-11-12-13-14-15-16-19(5-2,6-3)17-18-20;1-2-6(3,4)5/h20H,4-18H2,1-3H3;2H2,1H3,(H,3,4,5)/q+1;/p-1. The van der Waals surface area contributed by atoms with E-state index in [4.69, 9.17) is 0 Å². The van der Waals surface area contributed by atoms with Gasteiger partial charge in [-0.15, -0.1) is 0 Å². The molecule has 0 aromatic rings. The van der Waals surface area contributed by atoms with Crippen LogP contribution < -0.4 is 0 Å². The summed E-state index contributed by atoms with van der Waals surface area (Å²) in [6.07, 6.45) is 14.0. The van der Waals surface area contributed by atoms with Crippen molar-refractivity contribution in [2.75, 3.05) is 38.5 Å². The van der Waals surface area contributed by atoms with Gasteiger partial charge in [0.25, 0.3) is 0 Å². The van der Waals surface area contributed by atoms with Crippen molar-refractivity contribution in [1.29, 1.82) is 0 Å². The summed E-state index contributed by atoms with van der Waals surface area (Å²) in [6.45, 7) is 13.0. The molecule has 0 heterocycles. The van der Waals surface area contributed by atoms with E-state index in [1.54, 1.807) is 0 Å². The molecule has 0 aliphatic rings. The molecule has 0 saturated carbocycles. The van der Waals surface area contributed by atoms with Gasteiger partial charge >= 0.3 is 0 Å². The van der Waals surface area contributed by atoms with Gasteiger partial charge in [0.2, 0.25) is 0 Å². The van der Waals surface area contributed by atoms with Gasteiger partial charge in [-0.3, -0.25) is 0 Å². The van der Waals surface area contributed by atoms with E-state index in [0.717, 1.165) is 24.1 Å². The molecule has 0 aliphatic heterocycles. The molecule has 0 aliphatic carbocycles. The number of unbranched alkanes of at least 4 members (excludes halogenated alkanes) is 9. The number of aliphatic hydroxyl groups excluding tert-OH is 1. The molecule has 0 unspecified atom stereocenters. The van der Waals surface area contributed by atoms with E-state index in [-0.39, 0.29) is 5.75 Å². The molecule has 0 aromatic heterocycles. The van der Waals surface area contributed by atoms with Crippen LogP contribution in [0.25, 0.3) is 0 Å². The van der Waals surface area contributed by atoms with Crippen molar-refractivity contribution in [2.45, 2.75) is 91.9 Å². The fourth-order valence-electron chi connectivity index (χ4n) is 3.11. The Morgan fingerprint density at radius 2 is 1.12 bits per heavy atom. The number of rotatable bonds is 16. The molecule has 0 aromatic carbocycles. The van der Waals surface area contributed by atoms with Crippen LogP contribution in [-0.2, 0) is 10.1 Å². The van der Waals surface area contributed by atoms with Crippen molar-refractivity contribution in [2.24, 2.45) is 0 Å². The highest BCUT2D eigenvalue weighted by atomic mass is 32.2. The number of likely N-dealkylation sites (N-methyl/N-ethyl adjacent to an activating group) is 1. The fourth-order valence-corrected chi connectivity index (χ4v) is 3.11. The zero-order chi connectivity index (χ0) is 20.3. The first-order chi connectivity index (χ1) is 12.3. The van der Waals surface area contributed by atoms with Crippen molar-refractivity contribution in [3.63, 3.8) is 0 Å². The van der Waals surface area contributed by atoms with Gasteiger partial charge in [0, 0.05) is 5.75 Å². The van der Waals surface area contributed by atoms with Gasteiger partial charge in [-0.25, -0.2) is 8.42 Å². The zero-order valence-corrected chi connectivity index (χ0v) is 18.7. The largest absolute Gasteiger partial charge is 0.748 e. The van der Waals surface area contributed by atoms with Crippen molar-refractivity contribution in [3.05, 3.63) is 0 Å². The predicted molar refractivity (Wildman–Crippen MR) is 110 cm³/mol. The summed E-state index contributed by atoms with van der Waals surface area (Å²) in [7, 11) is -3.91. The Morgan fingerprint density at radius 3 is 1.42 bits per heavy atom. The Kier molecular flexibility index (Phi) is 19.6. The molecule has 0 fully saturated rings. The first-order valence-electron chi connectivity index (χ1n) is 10.7. The second kappa shape index (κ2) is 18.2. The van der Waals surface area contributed by atoms with Gasteiger partial charge in [-0.2, -0.15) is 0 Å². The molecule has 0 spiro atoms. The highest BCUT2D eigenvalue weighted by Gasteiger charge is 2.21. The van der Waals surface area contributed by atoms with Crippen LogP contribution >= 0.6 is 0 Å². The molecule has 0 radical (unpaired) electrons. The highest BCUT2D eigenvalue weighted by molar-refractivity contribution is 7.85. The summed E-state index contributed by atoms with van der Waals surface area (Å²) in [5, 5.41) is 9.21. The number of hydrogen-bond acceptors (Lipinski definition) is 4. The normalized spacial score (nSPS) is 11.9. The molecular formula is C20H45NO4S. The summed E-state index contributed by atoms with van der Waals surface area (Å²) in [5.41, 5.74) is 0. The van der Waals surface area contributed by atoms with E-state index in [2.05, 4.69) is 20.8 Å². The van der Waals surface area contributed by atoms with Crippen LogP contribution in [0.1, 0.15) is 91.9 Å². The Morgan fingerprint density at radius 1 is 0.731 bits per heavy atom. The Labute approximate surface area is 163 Å². The van der Waals surface area contributed by atoms with Gasteiger partial charge in [0.05, 0.1) is 36.4 Å². The fraction of sp³-hybridized carbons (Fsp3) is 1.00. The van der Waals surface area contributed by atoms with Crippen molar-refractivity contribution in [1.82, 2.24) is 0 Å². The maximum Gasteiger partial charge on any atom is 0.102 e. The van der Waals surface area contributed by atoms with Gasteiger partial charge in [-0.05, 0) is 26.7 Å². The third-order valence-electron chi connectivity index (χ3n) is 5.26. The average molecular weight is 396 g/mol. The van der Waals surface area contributed by atoms with E-state index in [1.165, 1.54) is 77.7 Å². The summed E-state index contributed by atoms with van der Waals surface area (Å²) in [6, 6.07) is 0. The Hall–Kier alpha value is -0.170. The zero-order valence-electron chi connectivity index (χ0n) is 17.8. The van der Waals surface area contributed by atoms with E-state index in [0.29, 0.717) is 6.61 Å². The van der Waals surface area contributed by atoms with Crippen LogP contribution in [0.15, 0.2) is 0 Å². The van der Waals surface area contributed by atoms with Gasteiger partial charge < -0.3 is 14.1 Å². The second-order valence-corrected chi connectivity index (χ2v) is 8.87. The smallest absolute Gasteiger partial charge is 0.102 e. The summed E-state index contributed by atoms with van der Waals surface area (Å²) >= 11 is 0. The minimum atomic E-state index is -3.91. The third-order valence-corrected chi connectivity index (χ3v) is 5.96. The van der Waals surface area contributed by atoms with Crippen molar-refractivity contribution in [3.8, 4) is 0 Å². The minimum Gasteiger partial charge on any atom is -0.748 e. The number of hydrogen-bond donors (Lipinski definition) is 1. The first kappa shape index (κ1) is 28.0. The van der Waals surface area contributed by atoms with Crippen LogP contribution in [0.4, 0.5) is 0 Å². The van der Waals surface area contributed by atoms with Crippen molar-refractivity contribution < 1.29 is 22.6 Å². The van der Waals surface area contributed by atoms with E-state index in [1.807, 2.05) is 0 Å². The molecule has 5 nitrogen and oxygen atoms in total. The summed E-state index contributed by atoms with van der Waals surface area (Å²) < 4.78 is 29.4. The Bertz CT molecular complexity index is 381. The second-order valence-electron chi connectivity index (χ2n) is 7.17. The number of quaternary nitrogens is 1. The maximum atomic E-state index is 9.44. The summed E-state index contributed by atoms with van der Waals surface area (Å²) in [5.74, 6) is -0.312. The molecule has 160 valence electrons. The van der Waals surface area contributed by atoms with Gasteiger partial charge in [-0.1, -0.05) is 65.2 Å². The van der Waals surface area contributed by atoms with Crippen LogP contribution in [0.3, 0.4) is 0 Å². The van der Waals surface area contributed by atoms with E-state index in [9.17, 15) is 18.1 Å². The van der Waals surface area contributed by atoms with E-state index >= 15 is 0 Å². The van der Waals surface area contributed by atoms with Gasteiger partial charge in [0.15, 0.2) is 0 Å². The number of aliphatic hydroxyl groups is 1. The molecule has 0 atom stereocenters. The molecule has 6 heteroatoms. The lowest BCUT2D eigenvalue weighted by molar-refractivity contribution is -0.925. The summed E-state index contributed by atoms with van der Waals surface area (Å²) in [4.78, 5) is 0. The number of nitrogens with zero attached hydrogens (tertiary/aromatic N) is 1. The minimum absolute atomic E-state index is 0.312. The molecule has 26 heavy (non-hydrogen) atoms. The van der Waals surface area contributed by atoms with Gasteiger partial charge in [0.1, 0.15) is 6.54 Å². The first-order valence-corrected chi connectivity index (χ1v) is 12.3. The van der Waals surface area contributed by atoms with Crippen molar-refractivity contribution >= 4 is 10.1 Å². The molecule has 0 saturated heterocycles. The SMILES string of the molecule is CCCCCCCCCCCC[N+](CC)(CC)CCO.CCS(=O)(=O)[O-]. The van der Waals surface area contributed by atoms with Crippen LogP contribution in [0.2, 0.25) is 0 Å². The maximum absolute atomic E-state index is 9.44. The average Bonchev–Trinajstić information content (AvgIpc) is 2.62. The quantitative estimate of drug-likeness (QED) is 0.240. The topological polar surface area (TPSA) is 77.4 Å². The molecule has 0 amide bonds. The monoisotopic (exact) mass is 395 g/mol. The van der Waals surface area contributed by atoms with Crippen LogP contribution in [-0.4, -0.2) is 61.1 Å². The lowest BCUT2D eigenvalue weighted by atomic mass is 10.1. The van der Waals surface area contributed by atoms with Crippen LogP contribution in [0, 0.1) is 0 Å². The van der Waals surface area contributed by atoms with E-state index < -0.39 is 10.1 Å². The molecule has 1 N–H and O–H groups in total. The molecule has 0 rings (SSSR count). The lowest BCUT2D eigenvalue weighted by Crippen LogP contribution is -2.50. The highest BCUT2D eigenvalue weighted by Crippen LogP contribution is 2.13. The molecular weight excluding hydrogens is 350 g/mol. The lowest BCUT2D eigenvalue weighted by Gasteiger charge is -2.36. The van der Waals surface area contributed by atoms with Crippen LogP contribution in [0.5, 0.6) is 0 Å². The predicted octanol–water partition coefficient (Wildman–Crippen LogP) is 4.31. The Balaban J connectivity index is 0. The third kappa shape index (κ3) is 18.6. The molecule has 0 bridgehead atoms.